The lowest BCUT2D eigenvalue weighted by molar-refractivity contribution is 0.0948. The fourth-order valence-corrected chi connectivity index (χ4v) is 3.37. The molecule has 1 amide bonds. The average Bonchev–Trinajstić information content (AvgIpc) is 3.05. The molecule has 0 aliphatic carbocycles. The molecule has 5 nitrogen and oxygen atoms in total. The minimum atomic E-state index is -0.117. The van der Waals surface area contributed by atoms with Crippen molar-refractivity contribution in [1.29, 1.82) is 0 Å². The molecule has 0 aromatic carbocycles. The second-order valence-corrected chi connectivity index (χ2v) is 6.47. The first kappa shape index (κ1) is 16.3. The summed E-state index contributed by atoms with van der Waals surface area (Å²) in [5.74, 6) is -0.117. The molecule has 0 bridgehead atoms. The highest BCUT2D eigenvalue weighted by molar-refractivity contribution is 7.16. The van der Waals surface area contributed by atoms with E-state index in [1.54, 1.807) is 11.3 Å². The van der Waals surface area contributed by atoms with E-state index in [1.165, 1.54) is 4.88 Å². The molecule has 0 atom stereocenters. The van der Waals surface area contributed by atoms with Gasteiger partial charge in [-0.25, -0.2) is 0 Å². The molecule has 1 aliphatic heterocycles. The highest BCUT2D eigenvalue weighted by Crippen LogP contribution is 2.21. The fraction of sp³-hybridized carbons (Fsp3) is 0.385. The van der Waals surface area contributed by atoms with Crippen LogP contribution in [0.25, 0.3) is 0 Å². The summed E-state index contributed by atoms with van der Waals surface area (Å²) in [5, 5.41) is 13.2. The summed E-state index contributed by atoms with van der Waals surface area (Å²) in [5.41, 5.74) is 2.57. The van der Waals surface area contributed by atoms with E-state index in [4.69, 9.17) is 11.6 Å². The lowest BCUT2D eigenvalue weighted by Crippen LogP contribution is -2.29. The molecule has 0 radical (unpaired) electrons. The van der Waals surface area contributed by atoms with Crippen LogP contribution >= 0.6 is 35.3 Å². The maximum Gasteiger partial charge on any atom is 0.272 e. The van der Waals surface area contributed by atoms with Crippen LogP contribution in [0.1, 0.15) is 26.6 Å². The van der Waals surface area contributed by atoms with E-state index in [0.717, 1.165) is 35.0 Å². The number of aromatic amines is 1. The van der Waals surface area contributed by atoms with Crippen LogP contribution in [-0.2, 0) is 19.4 Å². The highest BCUT2D eigenvalue weighted by atomic mass is 35.5. The smallest absolute Gasteiger partial charge is 0.272 e. The van der Waals surface area contributed by atoms with Gasteiger partial charge in [-0.05, 0) is 18.6 Å². The van der Waals surface area contributed by atoms with Crippen molar-refractivity contribution in [2.45, 2.75) is 19.4 Å². The molecule has 0 saturated carbocycles. The molecular formula is C13H16Cl2N4OS. The summed E-state index contributed by atoms with van der Waals surface area (Å²) in [7, 11) is 0. The Morgan fingerprint density at radius 2 is 2.33 bits per heavy atom. The van der Waals surface area contributed by atoms with Crippen LogP contribution in [0.4, 0.5) is 0 Å². The minimum Gasteiger partial charge on any atom is -0.350 e. The number of carbonyl (C=O) groups excluding carboxylic acids is 1. The number of nitrogens with one attached hydrogen (secondary N) is 3. The van der Waals surface area contributed by atoms with E-state index in [9.17, 15) is 4.79 Å². The number of nitrogens with zero attached hydrogens (tertiary/aromatic N) is 1. The molecule has 2 aromatic rings. The number of aromatic nitrogens is 2. The monoisotopic (exact) mass is 346 g/mol. The van der Waals surface area contributed by atoms with E-state index in [0.29, 0.717) is 18.8 Å². The zero-order valence-corrected chi connectivity index (χ0v) is 13.6. The van der Waals surface area contributed by atoms with E-state index >= 15 is 0 Å². The van der Waals surface area contributed by atoms with Crippen molar-refractivity contribution in [2.75, 3.05) is 13.1 Å². The number of fused-ring (bicyclic) bond motifs is 1. The first-order valence-electron chi connectivity index (χ1n) is 6.53. The molecule has 8 heteroatoms. The quantitative estimate of drug-likeness (QED) is 0.794. The molecule has 3 heterocycles. The largest absolute Gasteiger partial charge is 0.350 e. The maximum atomic E-state index is 12.1. The van der Waals surface area contributed by atoms with Crippen molar-refractivity contribution in [3.63, 3.8) is 0 Å². The summed E-state index contributed by atoms with van der Waals surface area (Å²) in [6, 6.07) is 3.86. The third-order valence-corrected chi connectivity index (χ3v) is 4.60. The van der Waals surface area contributed by atoms with Crippen LogP contribution in [0, 0.1) is 0 Å². The van der Waals surface area contributed by atoms with Crippen molar-refractivity contribution in [3.05, 3.63) is 38.3 Å². The number of halogens is 2. The zero-order valence-electron chi connectivity index (χ0n) is 11.2. The first-order chi connectivity index (χ1) is 9.74. The highest BCUT2D eigenvalue weighted by Gasteiger charge is 2.21. The third-order valence-electron chi connectivity index (χ3n) is 3.31. The summed E-state index contributed by atoms with van der Waals surface area (Å²) in [4.78, 5) is 13.3. The Morgan fingerprint density at radius 3 is 3.10 bits per heavy atom. The van der Waals surface area contributed by atoms with Gasteiger partial charge in [0.25, 0.3) is 5.91 Å². The van der Waals surface area contributed by atoms with Gasteiger partial charge in [0.15, 0.2) is 5.69 Å². The zero-order chi connectivity index (χ0) is 13.9. The number of hydrogen-bond acceptors (Lipinski definition) is 4. The minimum absolute atomic E-state index is 0. The Bertz CT molecular complexity index is 625. The van der Waals surface area contributed by atoms with Crippen LogP contribution in [0.2, 0.25) is 4.34 Å². The molecule has 114 valence electrons. The number of H-pyrrole nitrogens is 1. The predicted octanol–water partition coefficient (Wildman–Crippen LogP) is 2.16. The van der Waals surface area contributed by atoms with E-state index in [1.807, 2.05) is 12.1 Å². The number of thiophene rings is 1. The van der Waals surface area contributed by atoms with Crippen molar-refractivity contribution in [1.82, 2.24) is 20.8 Å². The second-order valence-electron chi connectivity index (χ2n) is 4.67. The van der Waals surface area contributed by atoms with Crippen molar-refractivity contribution >= 4 is 41.3 Å². The van der Waals surface area contributed by atoms with Gasteiger partial charge in [-0.2, -0.15) is 5.10 Å². The molecule has 3 rings (SSSR count). The number of carbonyl (C=O) groups is 1. The summed E-state index contributed by atoms with van der Waals surface area (Å²) in [6.07, 6.45) is 1.68. The van der Waals surface area contributed by atoms with Gasteiger partial charge in [-0.3, -0.25) is 9.89 Å². The normalized spacial score (nSPS) is 13.4. The van der Waals surface area contributed by atoms with Crippen LogP contribution in [0.15, 0.2) is 12.1 Å². The van der Waals surface area contributed by atoms with Gasteiger partial charge in [-0.15, -0.1) is 23.7 Å². The molecule has 1 aliphatic rings. The average molecular weight is 347 g/mol. The molecule has 2 aromatic heterocycles. The Balaban J connectivity index is 0.00000161. The molecule has 21 heavy (non-hydrogen) atoms. The molecule has 0 unspecified atom stereocenters. The Kier molecular flexibility index (Phi) is 5.64. The second kappa shape index (κ2) is 7.26. The van der Waals surface area contributed by atoms with Gasteiger partial charge in [0.2, 0.25) is 0 Å². The van der Waals surface area contributed by atoms with Crippen LogP contribution in [-0.4, -0.2) is 29.2 Å². The number of hydrogen-bond donors (Lipinski definition) is 3. The van der Waals surface area contributed by atoms with Gasteiger partial charge >= 0.3 is 0 Å². The van der Waals surface area contributed by atoms with Gasteiger partial charge in [0, 0.05) is 42.2 Å². The first-order valence-corrected chi connectivity index (χ1v) is 7.73. The van der Waals surface area contributed by atoms with Crippen molar-refractivity contribution in [3.8, 4) is 0 Å². The lowest BCUT2D eigenvalue weighted by Gasteiger charge is -2.12. The Hall–Kier alpha value is -1.08. The van der Waals surface area contributed by atoms with Crippen LogP contribution < -0.4 is 10.6 Å². The Morgan fingerprint density at radius 1 is 1.48 bits per heavy atom. The molecule has 0 spiro atoms. The molecule has 0 fully saturated rings. The maximum absolute atomic E-state index is 12.1. The third kappa shape index (κ3) is 3.77. The topological polar surface area (TPSA) is 69.8 Å². The molecular weight excluding hydrogens is 331 g/mol. The van der Waals surface area contributed by atoms with E-state index in [2.05, 4.69) is 20.8 Å². The van der Waals surface area contributed by atoms with E-state index in [-0.39, 0.29) is 18.3 Å². The van der Waals surface area contributed by atoms with Gasteiger partial charge < -0.3 is 10.6 Å². The van der Waals surface area contributed by atoms with Crippen molar-refractivity contribution in [2.24, 2.45) is 0 Å². The Labute approximate surface area is 137 Å². The lowest BCUT2D eigenvalue weighted by atomic mass is 10.1. The van der Waals surface area contributed by atoms with Gasteiger partial charge in [0.05, 0.1) is 4.34 Å². The summed E-state index contributed by atoms with van der Waals surface area (Å²) < 4.78 is 0.777. The van der Waals surface area contributed by atoms with Crippen LogP contribution in [0.5, 0.6) is 0 Å². The van der Waals surface area contributed by atoms with E-state index < -0.39 is 0 Å². The van der Waals surface area contributed by atoms with Gasteiger partial charge in [-0.1, -0.05) is 11.6 Å². The number of rotatable bonds is 4. The summed E-state index contributed by atoms with van der Waals surface area (Å²) in [6.45, 7) is 2.22. The predicted molar refractivity (Wildman–Crippen MR) is 86.6 cm³/mol. The fourth-order valence-electron chi connectivity index (χ4n) is 2.28. The van der Waals surface area contributed by atoms with Gasteiger partial charge in [0.1, 0.15) is 0 Å². The standard InChI is InChI=1S/C13H15ClN4OS.ClH/c14-11-2-1-8(20-11)3-6-16-13(19)12-9-7-15-5-4-10(9)17-18-12;/h1-2,15H,3-7H2,(H,16,19)(H,17,18);1H. The SMILES string of the molecule is Cl.O=C(NCCc1ccc(Cl)s1)c1n[nH]c2c1CNCC2. The molecule has 0 saturated heterocycles. The number of amides is 1. The molecule has 3 N–H and O–H groups in total. The summed E-state index contributed by atoms with van der Waals surface area (Å²) >= 11 is 7.41. The van der Waals surface area contributed by atoms with Crippen molar-refractivity contribution < 1.29 is 4.79 Å². The van der Waals surface area contributed by atoms with Crippen LogP contribution in [0.3, 0.4) is 0 Å².